The van der Waals surface area contributed by atoms with Crippen LogP contribution in [0.25, 0.3) is 11.4 Å². The number of imidazole rings is 1. The van der Waals surface area contributed by atoms with Crippen molar-refractivity contribution in [1.29, 1.82) is 0 Å². The second-order valence-electron chi connectivity index (χ2n) is 3.26. The Morgan fingerprint density at radius 3 is 2.94 bits per heavy atom. The molecule has 0 amide bonds. The van der Waals surface area contributed by atoms with E-state index in [1.54, 1.807) is 0 Å². The number of methoxy groups -OCH3 is 1. The molecule has 0 aliphatic heterocycles. The third-order valence-electron chi connectivity index (χ3n) is 2.17. The number of rotatable bonds is 2. The monoisotopic (exact) mass is 254 g/mol. The van der Waals surface area contributed by atoms with Crippen LogP contribution in [0, 0.1) is 5.82 Å². The van der Waals surface area contributed by atoms with Crippen LogP contribution in [0.15, 0.2) is 24.4 Å². The standard InChI is InChI=1S/C11H8ClFN2O2/c1-17-11(16)9-5-14-10(15-9)7-3-2-6(13)4-8(7)12/h2-5H,1H3,(H,14,15). The zero-order chi connectivity index (χ0) is 12.4. The first kappa shape index (κ1) is 11.6. The summed E-state index contributed by atoms with van der Waals surface area (Å²) in [5.74, 6) is -0.573. The predicted molar refractivity (Wildman–Crippen MR) is 60.3 cm³/mol. The molecule has 1 heterocycles. The molecule has 2 aromatic rings. The van der Waals surface area contributed by atoms with Crippen LogP contribution < -0.4 is 0 Å². The zero-order valence-corrected chi connectivity index (χ0v) is 9.58. The molecule has 17 heavy (non-hydrogen) atoms. The van der Waals surface area contributed by atoms with Gasteiger partial charge in [0, 0.05) is 5.56 Å². The van der Waals surface area contributed by atoms with Crippen molar-refractivity contribution >= 4 is 17.6 Å². The molecule has 0 aliphatic rings. The van der Waals surface area contributed by atoms with Crippen molar-refractivity contribution in [3.05, 3.63) is 40.9 Å². The highest BCUT2D eigenvalue weighted by Crippen LogP contribution is 2.26. The van der Waals surface area contributed by atoms with Crippen LogP contribution in [0.5, 0.6) is 0 Å². The number of halogens is 2. The number of carbonyl (C=O) groups is 1. The molecule has 0 unspecified atom stereocenters. The van der Waals surface area contributed by atoms with Crippen molar-refractivity contribution in [3.63, 3.8) is 0 Å². The second-order valence-corrected chi connectivity index (χ2v) is 3.67. The highest BCUT2D eigenvalue weighted by molar-refractivity contribution is 6.33. The van der Waals surface area contributed by atoms with Gasteiger partial charge in [-0.05, 0) is 18.2 Å². The zero-order valence-electron chi connectivity index (χ0n) is 8.83. The van der Waals surface area contributed by atoms with Crippen LogP contribution in [0.4, 0.5) is 4.39 Å². The minimum Gasteiger partial charge on any atom is -0.464 e. The number of nitrogens with one attached hydrogen (secondary N) is 1. The SMILES string of the molecule is COC(=O)c1cnc(-c2ccc(F)cc2Cl)[nH]1. The van der Waals surface area contributed by atoms with E-state index in [2.05, 4.69) is 14.7 Å². The number of esters is 1. The first-order chi connectivity index (χ1) is 8.11. The molecule has 2 rings (SSSR count). The lowest BCUT2D eigenvalue weighted by molar-refractivity contribution is 0.0595. The number of aromatic nitrogens is 2. The van der Waals surface area contributed by atoms with Crippen LogP contribution in [0.3, 0.4) is 0 Å². The summed E-state index contributed by atoms with van der Waals surface area (Å²) in [5.41, 5.74) is 0.728. The minimum atomic E-state index is -0.526. The fourth-order valence-corrected chi connectivity index (χ4v) is 1.61. The third kappa shape index (κ3) is 2.29. The molecule has 1 aromatic heterocycles. The van der Waals surface area contributed by atoms with E-state index in [1.807, 2.05) is 0 Å². The Morgan fingerprint density at radius 2 is 2.29 bits per heavy atom. The topological polar surface area (TPSA) is 55.0 Å². The van der Waals surface area contributed by atoms with Gasteiger partial charge in [-0.15, -0.1) is 0 Å². The summed E-state index contributed by atoms with van der Waals surface area (Å²) in [4.78, 5) is 17.9. The lowest BCUT2D eigenvalue weighted by Gasteiger charge is -2.00. The quantitative estimate of drug-likeness (QED) is 0.839. The number of carbonyl (C=O) groups excluding carboxylic acids is 1. The number of aromatic amines is 1. The first-order valence-corrected chi connectivity index (χ1v) is 5.08. The van der Waals surface area contributed by atoms with Gasteiger partial charge in [-0.1, -0.05) is 11.6 Å². The van der Waals surface area contributed by atoms with E-state index in [-0.39, 0.29) is 10.7 Å². The normalized spacial score (nSPS) is 10.3. The molecule has 0 bridgehead atoms. The molecule has 1 N–H and O–H groups in total. The summed E-state index contributed by atoms with van der Waals surface area (Å²) in [7, 11) is 1.27. The fourth-order valence-electron chi connectivity index (χ4n) is 1.35. The smallest absolute Gasteiger partial charge is 0.356 e. The van der Waals surface area contributed by atoms with Gasteiger partial charge in [-0.3, -0.25) is 0 Å². The highest BCUT2D eigenvalue weighted by atomic mass is 35.5. The summed E-state index contributed by atoms with van der Waals surface area (Å²) in [5, 5.41) is 0.218. The van der Waals surface area contributed by atoms with Gasteiger partial charge in [0.05, 0.1) is 18.3 Å². The summed E-state index contributed by atoms with van der Waals surface area (Å²) in [6.45, 7) is 0. The number of nitrogens with zero attached hydrogens (tertiary/aromatic N) is 1. The Hall–Kier alpha value is -1.88. The van der Waals surface area contributed by atoms with Crippen LogP contribution in [-0.4, -0.2) is 23.0 Å². The van der Waals surface area contributed by atoms with Crippen molar-refractivity contribution < 1.29 is 13.9 Å². The van der Waals surface area contributed by atoms with E-state index in [9.17, 15) is 9.18 Å². The van der Waals surface area contributed by atoms with E-state index in [4.69, 9.17) is 11.6 Å². The van der Waals surface area contributed by atoms with Crippen molar-refractivity contribution in [2.45, 2.75) is 0 Å². The highest BCUT2D eigenvalue weighted by Gasteiger charge is 2.12. The Balaban J connectivity index is 2.40. The summed E-state index contributed by atoms with van der Waals surface area (Å²) in [6.07, 6.45) is 1.33. The van der Waals surface area contributed by atoms with Gasteiger partial charge >= 0.3 is 5.97 Å². The van der Waals surface area contributed by atoms with Gasteiger partial charge in [0.1, 0.15) is 17.3 Å². The molecule has 0 saturated heterocycles. The molecule has 0 fully saturated rings. The Bertz CT molecular complexity index is 568. The van der Waals surface area contributed by atoms with Crippen LogP contribution in [0.2, 0.25) is 5.02 Å². The van der Waals surface area contributed by atoms with Gasteiger partial charge < -0.3 is 9.72 Å². The van der Waals surface area contributed by atoms with Crippen LogP contribution >= 0.6 is 11.6 Å². The van der Waals surface area contributed by atoms with E-state index >= 15 is 0 Å². The molecule has 0 saturated carbocycles. The van der Waals surface area contributed by atoms with E-state index in [0.717, 1.165) is 0 Å². The van der Waals surface area contributed by atoms with E-state index in [1.165, 1.54) is 31.5 Å². The molecule has 6 heteroatoms. The Labute approximate surface area is 101 Å². The molecule has 0 radical (unpaired) electrons. The predicted octanol–water partition coefficient (Wildman–Crippen LogP) is 2.66. The third-order valence-corrected chi connectivity index (χ3v) is 2.48. The fraction of sp³-hybridized carbons (Fsp3) is 0.0909. The molecule has 0 spiro atoms. The summed E-state index contributed by atoms with van der Waals surface area (Å²) < 4.78 is 17.4. The number of hydrogen-bond acceptors (Lipinski definition) is 3. The largest absolute Gasteiger partial charge is 0.464 e. The van der Waals surface area contributed by atoms with Crippen molar-refractivity contribution in [3.8, 4) is 11.4 Å². The molecule has 88 valence electrons. The van der Waals surface area contributed by atoms with Gasteiger partial charge in [-0.2, -0.15) is 0 Å². The maximum absolute atomic E-state index is 12.9. The van der Waals surface area contributed by atoms with Gasteiger partial charge in [0.25, 0.3) is 0 Å². The molecular weight excluding hydrogens is 247 g/mol. The van der Waals surface area contributed by atoms with Gasteiger partial charge in [0.15, 0.2) is 0 Å². The van der Waals surface area contributed by atoms with Crippen molar-refractivity contribution in [2.24, 2.45) is 0 Å². The van der Waals surface area contributed by atoms with Crippen LogP contribution in [0.1, 0.15) is 10.5 Å². The maximum atomic E-state index is 12.9. The van der Waals surface area contributed by atoms with E-state index < -0.39 is 11.8 Å². The van der Waals surface area contributed by atoms with E-state index in [0.29, 0.717) is 11.4 Å². The summed E-state index contributed by atoms with van der Waals surface area (Å²) in [6, 6.07) is 3.93. The Morgan fingerprint density at radius 1 is 1.53 bits per heavy atom. The molecule has 0 atom stereocenters. The molecule has 0 aliphatic carbocycles. The van der Waals surface area contributed by atoms with Crippen LogP contribution in [-0.2, 0) is 4.74 Å². The first-order valence-electron chi connectivity index (χ1n) is 4.70. The minimum absolute atomic E-state index is 0.211. The lowest BCUT2D eigenvalue weighted by Crippen LogP contribution is -2.00. The summed E-state index contributed by atoms with van der Waals surface area (Å²) >= 11 is 5.87. The molecule has 4 nitrogen and oxygen atoms in total. The van der Waals surface area contributed by atoms with Crippen molar-refractivity contribution in [1.82, 2.24) is 9.97 Å². The Kier molecular flexibility index (Phi) is 3.10. The maximum Gasteiger partial charge on any atom is 0.356 e. The molecule has 1 aromatic carbocycles. The number of benzene rings is 1. The van der Waals surface area contributed by atoms with Crippen molar-refractivity contribution in [2.75, 3.05) is 7.11 Å². The number of H-pyrrole nitrogens is 1. The molecular formula is C11H8ClFN2O2. The van der Waals surface area contributed by atoms with Gasteiger partial charge in [-0.25, -0.2) is 14.2 Å². The lowest BCUT2D eigenvalue weighted by atomic mass is 10.2. The second kappa shape index (κ2) is 4.55. The average molecular weight is 255 g/mol. The average Bonchev–Trinajstić information content (AvgIpc) is 2.77. The van der Waals surface area contributed by atoms with Gasteiger partial charge in [0.2, 0.25) is 0 Å². The number of hydrogen-bond donors (Lipinski definition) is 1. The number of ether oxygens (including phenoxy) is 1.